The van der Waals surface area contributed by atoms with Crippen LogP contribution in [0.15, 0.2) is 42.5 Å². The Morgan fingerprint density at radius 1 is 1.20 bits per heavy atom. The van der Waals surface area contributed by atoms with E-state index in [0.29, 0.717) is 22.4 Å². The minimum atomic E-state index is -0.512. The van der Waals surface area contributed by atoms with E-state index >= 15 is 0 Å². The molecule has 0 bridgehead atoms. The van der Waals surface area contributed by atoms with Crippen LogP contribution in [-0.2, 0) is 16.0 Å². The van der Waals surface area contributed by atoms with Crippen LogP contribution in [0.2, 0.25) is 0 Å². The number of nitro groups is 1. The maximum atomic E-state index is 12.2. The molecule has 0 unspecified atom stereocenters. The molecule has 130 valence electrons. The lowest BCUT2D eigenvalue weighted by Gasteiger charge is -2.10. The highest BCUT2D eigenvalue weighted by Crippen LogP contribution is 2.20. The topological polar surface area (TPSA) is 98.5 Å². The molecule has 0 saturated heterocycles. The minimum absolute atomic E-state index is 0.0907. The average molecular weight is 342 g/mol. The van der Waals surface area contributed by atoms with Crippen LogP contribution in [0.25, 0.3) is 0 Å². The van der Waals surface area contributed by atoms with Crippen molar-refractivity contribution in [1.29, 1.82) is 0 Å². The van der Waals surface area contributed by atoms with Gasteiger partial charge in [-0.05, 0) is 37.6 Å². The lowest BCUT2D eigenvalue weighted by atomic mass is 10.1. The van der Waals surface area contributed by atoms with Gasteiger partial charge in [0.2, 0.25) is 5.91 Å². The van der Waals surface area contributed by atoms with Crippen LogP contribution >= 0.6 is 0 Å². The number of hydrogen-bond donors (Lipinski definition) is 1. The van der Waals surface area contributed by atoms with Gasteiger partial charge in [0, 0.05) is 17.3 Å². The van der Waals surface area contributed by atoms with Gasteiger partial charge >= 0.3 is 5.97 Å². The van der Waals surface area contributed by atoms with Gasteiger partial charge in [0.05, 0.1) is 23.5 Å². The number of anilines is 1. The monoisotopic (exact) mass is 342 g/mol. The summed E-state index contributed by atoms with van der Waals surface area (Å²) in [5.74, 6) is -0.801. The van der Waals surface area contributed by atoms with Crippen molar-refractivity contribution < 1.29 is 19.2 Å². The van der Waals surface area contributed by atoms with Gasteiger partial charge in [0.1, 0.15) is 0 Å². The first-order chi connectivity index (χ1) is 11.9. The molecule has 0 aromatic heterocycles. The van der Waals surface area contributed by atoms with E-state index in [1.807, 2.05) is 0 Å². The van der Waals surface area contributed by atoms with Crippen molar-refractivity contribution in [3.8, 4) is 0 Å². The maximum absolute atomic E-state index is 12.2. The number of benzene rings is 2. The van der Waals surface area contributed by atoms with Crippen molar-refractivity contribution in [1.82, 2.24) is 0 Å². The molecule has 2 aromatic carbocycles. The molecular weight excluding hydrogens is 324 g/mol. The highest BCUT2D eigenvalue weighted by atomic mass is 16.6. The van der Waals surface area contributed by atoms with E-state index < -0.39 is 10.9 Å². The third-order valence-electron chi connectivity index (χ3n) is 3.55. The van der Waals surface area contributed by atoms with Gasteiger partial charge in [0.15, 0.2) is 0 Å². The maximum Gasteiger partial charge on any atom is 0.338 e. The zero-order valence-corrected chi connectivity index (χ0v) is 13.9. The first kappa shape index (κ1) is 18.1. The summed E-state index contributed by atoms with van der Waals surface area (Å²) in [5.41, 5.74) is 1.88. The first-order valence-corrected chi connectivity index (χ1v) is 7.72. The van der Waals surface area contributed by atoms with Crippen LogP contribution in [0.3, 0.4) is 0 Å². The number of para-hydroxylation sites is 1. The third kappa shape index (κ3) is 4.63. The van der Waals surface area contributed by atoms with Crippen molar-refractivity contribution in [2.45, 2.75) is 20.3 Å². The van der Waals surface area contributed by atoms with Crippen LogP contribution < -0.4 is 5.32 Å². The largest absolute Gasteiger partial charge is 0.462 e. The number of rotatable bonds is 6. The number of nitrogens with one attached hydrogen (secondary N) is 1. The molecule has 0 atom stereocenters. The number of carbonyl (C=O) groups excluding carboxylic acids is 2. The Morgan fingerprint density at radius 2 is 1.92 bits per heavy atom. The second-order valence-electron chi connectivity index (χ2n) is 5.36. The van der Waals surface area contributed by atoms with Gasteiger partial charge in [-0.3, -0.25) is 14.9 Å². The standard InChI is InChI=1S/C18H18N2O5/c1-3-25-18(22)14-8-9-15(12(2)10-14)19-17(21)11-13-6-4-5-7-16(13)20(23)24/h4-10H,3,11H2,1-2H3,(H,19,21). The molecule has 1 N–H and O–H groups in total. The van der Waals surface area contributed by atoms with Gasteiger partial charge in [-0.1, -0.05) is 18.2 Å². The Hall–Kier alpha value is -3.22. The number of nitrogens with zero attached hydrogens (tertiary/aromatic N) is 1. The molecular formula is C18H18N2O5. The van der Waals surface area contributed by atoms with E-state index in [0.717, 1.165) is 0 Å². The first-order valence-electron chi connectivity index (χ1n) is 7.72. The Balaban J connectivity index is 2.11. The van der Waals surface area contributed by atoms with Crippen molar-refractivity contribution in [3.05, 3.63) is 69.3 Å². The SMILES string of the molecule is CCOC(=O)c1ccc(NC(=O)Cc2ccccc2[N+](=O)[O-])c(C)c1. The van der Waals surface area contributed by atoms with Crippen LogP contribution in [-0.4, -0.2) is 23.4 Å². The smallest absolute Gasteiger partial charge is 0.338 e. The quantitative estimate of drug-likeness (QED) is 0.493. The van der Waals surface area contributed by atoms with E-state index in [1.165, 1.54) is 6.07 Å². The van der Waals surface area contributed by atoms with E-state index in [2.05, 4.69) is 5.32 Å². The average Bonchev–Trinajstić information content (AvgIpc) is 2.57. The summed E-state index contributed by atoms with van der Waals surface area (Å²) in [4.78, 5) is 34.4. The number of nitro benzene ring substituents is 1. The molecule has 0 aliphatic rings. The summed E-state index contributed by atoms with van der Waals surface area (Å²) >= 11 is 0. The van der Waals surface area contributed by atoms with E-state index in [9.17, 15) is 19.7 Å². The van der Waals surface area contributed by atoms with Crippen LogP contribution in [0.4, 0.5) is 11.4 Å². The van der Waals surface area contributed by atoms with Crippen molar-refractivity contribution in [2.24, 2.45) is 0 Å². The molecule has 25 heavy (non-hydrogen) atoms. The van der Waals surface area contributed by atoms with E-state index in [1.54, 1.807) is 50.2 Å². The Morgan fingerprint density at radius 3 is 2.56 bits per heavy atom. The normalized spacial score (nSPS) is 10.2. The number of carbonyl (C=O) groups is 2. The Labute approximate surface area is 144 Å². The summed E-state index contributed by atoms with van der Waals surface area (Å²) in [6.07, 6.45) is -0.115. The Kier molecular flexibility index (Phi) is 5.84. The molecule has 1 amide bonds. The fraction of sp³-hybridized carbons (Fsp3) is 0.222. The molecule has 0 saturated carbocycles. The fourth-order valence-electron chi connectivity index (χ4n) is 2.35. The van der Waals surface area contributed by atoms with Gasteiger partial charge in [0.25, 0.3) is 5.69 Å². The molecule has 7 nitrogen and oxygen atoms in total. The number of hydrogen-bond acceptors (Lipinski definition) is 5. The highest BCUT2D eigenvalue weighted by molar-refractivity contribution is 5.95. The lowest BCUT2D eigenvalue weighted by molar-refractivity contribution is -0.385. The summed E-state index contributed by atoms with van der Waals surface area (Å²) in [5, 5.41) is 13.7. The zero-order chi connectivity index (χ0) is 18.4. The van der Waals surface area contributed by atoms with E-state index in [4.69, 9.17) is 4.74 Å². The second kappa shape index (κ2) is 8.05. The zero-order valence-electron chi connectivity index (χ0n) is 13.9. The molecule has 2 rings (SSSR count). The minimum Gasteiger partial charge on any atom is -0.462 e. The molecule has 0 aliphatic heterocycles. The van der Waals surface area contributed by atoms with Crippen LogP contribution in [0, 0.1) is 17.0 Å². The third-order valence-corrected chi connectivity index (χ3v) is 3.55. The number of aryl methyl sites for hydroxylation is 1. The molecule has 0 spiro atoms. The van der Waals surface area contributed by atoms with Gasteiger partial charge in [-0.15, -0.1) is 0 Å². The summed E-state index contributed by atoms with van der Waals surface area (Å²) in [6.45, 7) is 3.76. The molecule has 2 aromatic rings. The second-order valence-corrected chi connectivity index (χ2v) is 5.36. The van der Waals surface area contributed by atoms with Crippen molar-refractivity contribution >= 4 is 23.3 Å². The predicted octanol–water partition coefficient (Wildman–Crippen LogP) is 3.26. The summed E-state index contributed by atoms with van der Waals surface area (Å²) in [6, 6.07) is 10.9. The molecule has 7 heteroatoms. The van der Waals surface area contributed by atoms with Gasteiger partial charge in [-0.25, -0.2) is 4.79 Å². The fourth-order valence-corrected chi connectivity index (χ4v) is 2.35. The highest BCUT2D eigenvalue weighted by Gasteiger charge is 2.16. The van der Waals surface area contributed by atoms with Gasteiger partial charge < -0.3 is 10.1 Å². The molecule has 0 fully saturated rings. The van der Waals surface area contributed by atoms with Crippen molar-refractivity contribution in [2.75, 3.05) is 11.9 Å². The van der Waals surface area contributed by atoms with Gasteiger partial charge in [-0.2, -0.15) is 0 Å². The van der Waals surface area contributed by atoms with Crippen LogP contribution in [0.1, 0.15) is 28.4 Å². The summed E-state index contributed by atoms with van der Waals surface area (Å²) < 4.78 is 4.93. The molecule has 0 radical (unpaired) electrons. The van der Waals surface area contributed by atoms with Crippen molar-refractivity contribution in [3.63, 3.8) is 0 Å². The predicted molar refractivity (Wildman–Crippen MR) is 92.6 cm³/mol. The van der Waals surface area contributed by atoms with E-state index in [-0.39, 0.29) is 24.6 Å². The Bertz CT molecular complexity index is 817. The lowest BCUT2D eigenvalue weighted by Crippen LogP contribution is -2.16. The number of amides is 1. The summed E-state index contributed by atoms with van der Waals surface area (Å²) in [7, 11) is 0. The molecule has 0 heterocycles. The number of ether oxygens (including phenoxy) is 1. The molecule has 0 aliphatic carbocycles. The number of esters is 1. The van der Waals surface area contributed by atoms with Crippen LogP contribution in [0.5, 0.6) is 0 Å².